The fourth-order valence-corrected chi connectivity index (χ4v) is 2.64. The van der Waals surface area contributed by atoms with E-state index in [9.17, 15) is 4.79 Å². The maximum Gasteiger partial charge on any atom is 0.246 e. The predicted molar refractivity (Wildman–Crippen MR) is 82.5 cm³/mol. The van der Waals surface area contributed by atoms with E-state index in [2.05, 4.69) is 25.4 Å². The average molecular weight is 316 g/mol. The Morgan fingerprint density at radius 1 is 1.35 bits per heavy atom. The molecule has 8 nitrogen and oxygen atoms in total. The van der Waals surface area contributed by atoms with Crippen molar-refractivity contribution in [2.24, 2.45) is 0 Å². The first-order valence-corrected chi connectivity index (χ1v) is 7.76. The molecule has 0 spiro atoms. The number of carbonyl (C=O) groups excluding carboxylic acids is 1. The molecular formula is C15H20N6O2. The van der Waals surface area contributed by atoms with Crippen LogP contribution >= 0.6 is 0 Å². The number of anilines is 1. The van der Waals surface area contributed by atoms with Crippen molar-refractivity contribution in [1.29, 1.82) is 0 Å². The summed E-state index contributed by atoms with van der Waals surface area (Å²) in [6, 6.07) is 1.49. The zero-order chi connectivity index (χ0) is 16.2. The van der Waals surface area contributed by atoms with Crippen LogP contribution in [0.3, 0.4) is 0 Å². The normalized spacial score (nSPS) is 18.8. The molecule has 0 bridgehead atoms. The van der Waals surface area contributed by atoms with E-state index in [1.807, 2.05) is 13.0 Å². The number of aryl methyl sites for hydroxylation is 2. The SMILES string of the molecule is Cc1ccnc(NC2CCCCN(Cc3nc(C)no3)C2=O)n1. The second kappa shape index (κ2) is 6.72. The molecule has 23 heavy (non-hydrogen) atoms. The summed E-state index contributed by atoms with van der Waals surface area (Å²) in [4.78, 5) is 27.2. The van der Waals surface area contributed by atoms with Crippen molar-refractivity contribution in [3.8, 4) is 0 Å². The van der Waals surface area contributed by atoms with E-state index in [0.717, 1.165) is 25.0 Å². The van der Waals surface area contributed by atoms with Crippen LogP contribution in [0, 0.1) is 13.8 Å². The minimum Gasteiger partial charge on any atom is -0.342 e. The minimum atomic E-state index is -0.330. The fourth-order valence-electron chi connectivity index (χ4n) is 2.64. The number of nitrogens with zero attached hydrogens (tertiary/aromatic N) is 5. The lowest BCUT2D eigenvalue weighted by molar-refractivity contribution is -0.132. The topological polar surface area (TPSA) is 97.0 Å². The molecule has 1 atom stereocenters. The van der Waals surface area contributed by atoms with Gasteiger partial charge in [0.2, 0.25) is 17.7 Å². The molecule has 1 fully saturated rings. The third-order valence-corrected chi connectivity index (χ3v) is 3.77. The lowest BCUT2D eigenvalue weighted by Crippen LogP contribution is -2.41. The number of amides is 1. The zero-order valence-corrected chi connectivity index (χ0v) is 13.3. The summed E-state index contributed by atoms with van der Waals surface area (Å²) in [7, 11) is 0. The molecule has 2 aromatic rings. The number of aromatic nitrogens is 4. The third-order valence-electron chi connectivity index (χ3n) is 3.77. The molecule has 0 saturated carbocycles. The van der Waals surface area contributed by atoms with Gasteiger partial charge in [0.25, 0.3) is 0 Å². The van der Waals surface area contributed by atoms with E-state index < -0.39 is 0 Å². The van der Waals surface area contributed by atoms with Gasteiger partial charge in [-0.1, -0.05) is 5.16 Å². The molecule has 3 heterocycles. The molecule has 0 aliphatic carbocycles. The number of hydrogen-bond acceptors (Lipinski definition) is 7. The Morgan fingerprint density at radius 3 is 2.96 bits per heavy atom. The first-order chi connectivity index (χ1) is 11.1. The number of nitrogens with one attached hydrogen (secondary N) is 1. The summed E-state index contributed by atoms with van der Waals surface area (Å²) in [5.74, 6) is 1.54. The fraction of sp³-hybridized carbons (Fsp3) is 0.533. The van der Waals surface area contributed by atoms with Crippen molar-refractivity contribution in [2.75, 3.05) is 11.9 Å². The van der Waals surface area contributed by atoms with E-state index in [4.69, 9.17) is 4.52 Å². The lowest BCUT2D eigenvalue weighted by Gasteiger charge is -2.23. The molecule has 3 rings (SSSR count). The summed E-state index contributed by atoms with van der Waals surface area (Å²) < 4.78 is 5.13. The van der Waals surface area contributed by atoms with Gasteiger partial charge in [-0.2, -0.15) is 4.98 Å². The van der Waals surface area contributed by atoms with Crippen molar-refractivity contribution >= 4 is 11.9 Å². The highest BCUT2D eigenvalue weighted by molar-refractivity contribution is 5.84. The largest absolute Gasteiger partial charge is 0.342 e. The summed E-state index contributed by atoms with van der Waals surface area (Å²) in [6.45, 7) is 4.68. The molecule has 1 saturated heterocycles. The van der Waals surface area contributed by atoms with Crippen molar-refractivity contribution in [2.45, 2.75) is 45.7 Å². The Kier molecular flexibility index (Phi) is 4.50. The van der Waals surface area contributed by atoms with Gasteiger partial charge in [0.05, 0.1) is 0 Å². The Bertz CT molecular complexity index is 686. The Balaban J connectivity index is 1.71. The van der Waals surface area contributed by atoms with E-state index in [1.165, 1.54) is 0 Å². The molecular weight excluding hydrogens is 296 g/mol. The summed E-state index contributed by atoms with van der Waals surface area (Å²) in [6.07, 6.45) is 4.36. The molecule has 1 N–H and O–H groups in total. The second-order valence-electron chi connectivity index (χ2n) is 5.71. The van der Waals surface area contributed by atoms with Gasteiger partial charge >= 0.3 is 0 Å². The smallest absolute Gasteiger partial charge is 0.246 e. The molecule has 1 amide bonds. The van der Waals surface area contributed by atoms with Crippen LogP contribution in [0.5, 0.6) is 0 Å². The third kappa shape index (κ3) is 3.82. The zero-order valence-electron chi connectivity index (χ0n) is 13.3. The number of likely N-dealkylation sites (tertiary alicyclic amines) is 1. The van der Waals surface area contributed by atoms with Gasteiger partial charge in [0.15, 0.2) is 5.82 Å². The first kappa shape index (κ1) is 15.4. The molecule has 0 radical (unpaired) electrons. The van der Waals surface area contributed by atoms with E-state index in [-0.39, 0.29) is 11.9 Å². The average Bonchev–Trinajstić information content (AvgIpc) is 2.85. The van der Waals surface area contributed by atoms with E-state index >= 15 is 0 Å². The molecule has 1 aliphatic rings. The molecule has 2 aromatic heterocycles. The van der Waals surface area contributed by atoms with Crippen LogP contribution in [0.15, 0.2) is 16.8 Å². The molecule has 122 valence electrons. The van der Waals surface area contributed by atoms with Gasteiger partial charge in [-0.25, -0.2) is 9.97 Å². The monoisotopic (exact) mass is 316 g/mol. The highest BCUT2D eigenvalue weighted by Crippen LogP contribution is 2.17. The Morgan fingerprint density at radius 2 is 2.22 bits per heavy atom. The number of carbonyl (C=O) groups is 1. The maximum atomic E-state index is 12.8. The van der Waals surface area contributed by atoms with Crippen molar-refractivity contribution in [1.82, 2.24) is 25.0 Å². The predicted octanol–water partition coefficient (Wildman–Crippen LogP) is 1.47. The van der Waals surface area contributed by atoms with Crippen LogP contribution in [0.1, 0.15) is 36.7 Å². The Hall–Kier alpha value is -2.51. The van der Waals surface area contributed by atoms with Gasteiger partial charge in [0, 0.05) is 18.4 Å². The summed E-state index contributed by atoms with van der Waals surface area (Å²) in [5.41, 5.74) is 0.863. The van der Waals surface area contributed by atoms with Crippen molar-refractivity contribution < 1.29 is 9.32 Å². The van der Waals surface area contributed by atoms with Crippen molar-refractivity contribution in [3.63, 3.8) is 0 Å². The van der Waals surface area contributed by atoms with E-state index in [1.54, 1.807) is 18.0 Å². The highest BCUT2D eigenvalue weighted by Gasteiger charge is 2.28. The molecule has 8 heteroatoms. The Labute approximate surface area is 134 Å². The van der Waals surface area contributed by atoms with Gasteiger partial charge < -0.3 is 14.7 Å². The minimum absolute atomic E-state index is 0.0171. The number of rotatable bonds is 4. The number of hydrogen-bond donors (Lipinski definition) is 1. The van der Waals surface area contributed by atoms with E-state index in [0.29, 0.717) is 30.8 Å². The van der Waals surface area contributed by atoms with Crippen LogP contribution in [-0.2, 0) is 11.3 Å². The molecule has 1 aliphatic heterocycles. The van der Waals surface area contributed by atoms with Crippen LogP contribution in [-0.4, -0.2) is 43.5 Å². The van der Waals surface area contributed by atoms with Crippen LogP contribution in [0.25, 0.3) is 0 Å². The van der Waals surface area contributed by atoms with Crippen LogP contribution < -0.4 is 5.32 Å². The first-order valence-electron chi connectivity index (χ1n) is 7.76. The second-order valence-corrected chi connectivity index (χ2v) is 5.71. The molecule has 0 aromatic carbocycles. The van der Waals surface area contributed by atoms with Gasteiger partial charge in [-0.15, -0.1) is 0 Å². The van der Waals surface area contributed by atoms with Gasteiger partial charge in [0.1, 0.15) is 12.6 Å². The standard InChI is InChI=1S/C15H20N6O2/c1-10-6-7-16-15(17-10)19-12-5-3-4-8-21(14(12)22)9-13-18-11(2)20-23-13/h6-7,12H,3-5,8-9H2,1-2H3,(H,16,17,19). The summed E-state index contributed by atoms with van der Waals surface area (Å²) in [5, 5.41) is 6.92. The quantitative estimate of drug-likeness (QED) is 0.912. The van der Waals surface area contributed by atoms with Gasteiger partial charge in [-0.3, -0.25) is 4.79 Å². The summed E-state index contributed by atoms with van der Waals surface area (Å²) >= 11 is 0. The van der Waals surface area contributed by atoms with Crippen LogP contribution in [0.2, 0.25) is 0 Å². The highest BCUT2D eigenvalue weighted by atomic mass is 16.5. The lowest BCUT2D eigenvalue weighted by atomic mass is 10.1. The van der Waals surface area contributed by atoms with Crippen molar-refractivity contribution in [3.05, 3.63) is 29.7 Å². The van der Waals surface area contributed by atoms with Gasteiger partial charge in [-0.05, 0) is 39.2 Å². The van der Waals surface area contributed by atoms with Crippen LogP contribution in [0.4, 0.5) is 5.95 Å². The molecule has 1 unspecified atom stereocenters. The maximum absolute atomic E-state index is 12.8.